The minimum absolute atomic E-state index is 0.0157. The molecule has 2 atom stereocenters. The molecule has 0 bridgehead atoms. The third-order valence-electron chi connectivity index (χ3n) is 7.06. The lowest BCUT2D eigenvalue weighted by Gasteiger charge is -2.30. The number of rotatable bonds is 9. The monoisotopic (exact) mass is 559 g/mol. The molecule has 0 N–H and O–H groups in total. The van der Waals surface area contributed by atoms with Gasteiger partial charge in [0.05, 0.1) is 41.7 Å². The zero-order chi connectivity index (χ0) is 27.0. The van der Waals surface area contributed by atoms with Crippen LogP contribution in [-0.4, -0.2) is 50.0 Å². The lowest BCUT2D eigenvalue weighted by atomic mass is 9.97. The maximum atomic E-state index is 13.8. The topological polar surface area (TPSA) is 103 Å². The largest absolute Gasteiger partial charge is 0.490 e. The molecular formula is C28H30ClNO7S. The van der Waals surface area contributed by atoms with Gasteiger partial charge in [-0.25, -0.2) is 8.42 Å². The van der Waals surface area contributed by atoms with E-state index in [0.29, 0.717) is 35.3 Å². The van der Waals surface area contributed by atoms with E-state index in [1.165, 1.54) is 11.0 Å². The predicted molar refractivity (Wildman–Crippen MR) is 145 cm³/mol. The summed E-state index contributed by atoms with van der Waals surface area (Å²) in [6.07, 6.45) is 3.32. The van der Waals surface area contributed by atoms with Crippen molar-refractivity contribution in [1.82, 2.24) is 4.90 Å². The first-order valence-electron chi connectivity index (χ1n) is 12.9. The van der Waals surface area contributed by atoms with Crippen molar-refractivity contribution in [3.05, 3.63) is 68.5 Å². The fourth-order valence-electron chi connectivity index (χ4n) is 5.28. The van der Waals surface area contributed by atoms with Crippen molar-refractivity contribution in [3.63, 3.8) is 0 Å². The lowest BCUT2D eigenvalue weighted by Crippen LogP contribution is -2.40. The van der Waals surface area contributed by atoms with E-state index in [1.54, 1.807) is 30.3 Å². The summed E-state index contributed by atoms with van der Waals surface area (Å²) in [6.45, 7) is 4.92. The van der Waals surface area contributed by atoms with Gasteiger partial charge >= 0.3 is 0 Å². The highest BCUT2D eigenvalue weighted by Crippen LogP contribution is 2.43. The Balaban J connectivity index is 1.65. The number of carbonyl (C=O) groups is 1. The SMILES string of the molecule is CCCCCOc1ccc(C2c3c(oc4ccc(Cl)cc4c3=O)C(=O)N2C2CCS(=O)(=O)C2)cc1OCC. The summed E-state index contributed by atoms with van der Waals surface area (Å²) < 4.78 is 42.6. The minimum atomic E-state index is -3.31. The Bertz CT molecular complexity index is 1550. The number of sulfone groups is 1. The molecular weight excluding hydrogens is 530 g/mol. The Kier molecular flexibility index (Phi) is 7.42. The molecule has 0 spiro atoms. The third-order valence-corrected chi connectivity index (χ3v) is 9.04. The van der Waals surface area contributed by atoms with Crippen LogP contribution in [0.25, 0.3) is 11.0 Å². The summed E-state index contributed by atoms with van der Waals surface area (Å²) in [5.74, 6) is 0.312. The molecule has 3 heterocycles. The van der Waals surface area contributed by atoms with Crippen LogP contribution in [0, 0.1) is 0 Å². The Morgan fingerprint density at radius 2 is 1.87 bits per heavy atom. The number of amides is 1. The fourth-order valence-corrected chi connectivity index (χ4v) is 7.16. The molecule has 8 nitrogen and oxygen atoms in total. The Morgan fingerprint density at radius 3 is 2.58 bits per heavy atom. The standard InChI is InChI=1S/C28H30ClNO7S/c1-3-5-6-12-36-22-9-7-17(14-23(22)35-4-2)25-24-26(31)20-15-18(29)8-10-21(20)37-27(24)28(32)30(25)19-11-13-38(33,34)16-19/h7-10,14-15,19,25H,3-6,11-13,16H2,1-2H3. The number of unbranched alkanes of at least 4 members (excludes halogenated alkanes) is 2. The molecule has 0 aliphatic carbocycles. The zero-order valence-electron chi connectivity index (χ0n) is 21.4. The molecule has 2 aliphatic heterocycles. The van der Waals surface area contributed by atoms with E-state index in [1.807, 2.05) is 6.92 Å². The van der Waals surface area contributed by atoms with E-state index in [0.717, 1.165) is 19.3 Å². The molecule has 0 saturated carbocycles. The van der Waals surface area contributed by atoms with Gasteiger partial charge in [-0.1, -0.05) is 37.4 Å². The molecule has 1 saturated heterocycles. The van der Waals surface area contributed by atoms with E-state index in [9.17, 15) is 18.0 Å². The first-order chi connectivity index (χ1) is 18.2. The van der Waals surface area contributed by atoms with Crippen molar-refractivity contribution in [1.29, 1.82) is 0 Å². The van der Waals surface area contributed by atoms with Crippen LogP contribution in [0.3, 0.4) is 0 Å². The van der Waals surface area contributed by atoms with Gasteiger partial charge in [0.15, 0.2) is 26.8 Å². The van der Waals surface area contributed by atoms with Gasteiger partial charge in [0.2, 0.25) is 5.76 Å². The van der Waals surface area contributed by atoms with Crippen molar-refractivity contribution in [3.8, 4) is 11.5 Å². The molecule has 1 fully saturated rings. The lowest BCUT2D eigenvalue weighted by molar-refractivity contribution is 0.0662. The maximum Gasteiger partial charge on any atom is 0.291 e. The van der Waals surface area contributed by atoms with Crippen molar-refractivity contribution in [2.75, 3.05) is 24.7 Å². The highest BCUT2D eigenvalue weighted by atomic mass is 35.5. The molecule has 2 unspecified atom stereocenters. The van der Waals surface area contributed by atoms with Crippen LogP contribution in [0.15, 0.2) is 45.6 Å². The van der Waals surface area contributed by atoms with Crippen LogP contribution < -0.4 is 14.9 Å². The van der Waals surface area contributed by atoms with E-state index in [4.69, 9.17) is 25.5 Å². The second-order valence-electron chi connectivity index (χ2n) is 9.68. The summed E-state index contributed by atoms with van der Waals surface area (Å²) in [6, 6.07) is 8.57. The van der Waals surface area contributed by atoms with E-state index in [2.05, 4.69) is 6.92 Å². The number of benzene rings is 2. The van der Waals surface area contributed by atoms with Gasteiger partial charge < -0.3 is 18.8 Å². The van der Waals surface area contributed by atoms with Crippen LogP contribution in [0.2, 0.25) is 5.02 Å². The molecule has 5 rings (SSSR count). The van der Waals surface area contributed by atoms with Gasteiger partial charge in [0.1, 0.15) is 5.58 Å². The number of hydrogen-bond donors (Lipinski definition) is 0. The minimum Gasteiger partial charge on any atom is -0.490 e. The van der Waals surface area contributed by atoms with Crippen LogP contribution in [-0.2, 0) is 9.84 Å². The zero-order valence-corrected chi connectivity index (χ0v) is 22.9. The highest BCUT2D eigenvalue weighted by Gasteiger charge is 2.48. The predicted octanol–water partition coefficient (Wildman–Crippen LogP) is 5.15. The molecule has 0 radical (unpaired) electrons. The summed E-state index contributed by atoms with van der Waals surface area (Å²) >= 11 is 6.17. The highest BCUT2D eigenvalue weighted by molar-refractivity contribution is 7.91. The maximum absolute atomic E-state index is 13.8. The number of carbonyl (C=O) groups excluding carboxylic acids is 1. The number of hydrogen-bond acceptors (Lipinski definition) is 7. The quantitative estimate of drug-likeness (QED) is 0.334. The summed E-state index contributed by atoms with van der Waals surface area (Å²) in [5, 5.41) is 0.628. The first kappa shape index (κ1) is 26.6. The van der Waals surface area contributed by atoms with E-state index < -0.39 is 27.8 Å². The molecule has 1 amide bonds. The Hall–Kier alpha value is -3.04. The smallest absolute Gasteiger partial charge is 0.291 e. The number of halogens is 1. The first-order valence-corrected chi connectivity index (χ1v) is 15.1. The Labute approximate surface area is 226 Å². The summed E-state index contributed by atoms with van der Waals surface area (Å²) in [5.41, 5.74) is 0.660. The summed E-state index contributed by atoms with van der Waals surface area (Å²) in [4.78, 5) is 29.0. The number of nitrogens with zero attached hydrogens (tertiary/aromatic N) is 1. The van der Waals surface area contributed by atoms with Gasteiger partial charge in [-0.2, -0.15) is 0 Å². The molecule has 3 aromatic rings. The van der Waals surface area contributed by atoms with Gasteiger partial charge in [0, 0.05) is 11.1 Å². The van der Waals surface area contributed by atoms with Crippen LogP contribution in [0.5, 0.6) is 11.5 Å². The van der Waals surface area contributed by atoms with Crippen LogP contribution in [0.1, 0.15) is 67.3 Å². The summed E-state index contributed by atoms with van der Waals surface area (Å²) in [7, 11) is -3.31. The third kappa shape index (κ3) is 4.89. The van der Waals surface area contributed by atoms with Gasteiger partial charge in [-0.05, 0) is 55.7 Å². The molecule has 10 heteroatoms. The molecule has 202 valence electrons. The average molecular weight is 560 g/mol. The van der Waals surface area contributed by atoms with Crippen molar-refractivity contribution >= 4 is 38.3 Å². The van der Waals surface area contributed by atoms with Crippen molar-refractivity contribution < 1.29 is 27.1 Å². The molecule has 2 aliphatic rings. The van der Waals surface area contributed by atoms with Crippen molar-refractivity contribution in [2.45, 2.75) is 51.6 Å². The number of ether oxygens (including phenoxy) is 2. The molecule has 2 aromatic carbocycles. The van der Waals surface area contributed by atoms with E-state index >= 15 is 0 Å². The molecule has 1 aromatic heterocycles. The molecule has 38 heavy (non-hydrogen) atoms. The normalized spacial score (nSPS) is 20.2. The Morgan fingerprint density at radius 1 is 1.05 bits per heavy atom. The number of fused-ring (bicyclic) bond motifs is 2. The second-order valence-corrected chi connectivity index (χ2v) is 12.3. The van der Waals surface area contributed by atoms with Crippen LogP contribution >= 0.6 is 11.6 Å². The van der Waals surface area contributed by atoms with Crippen molar-refractivity contribution in [2.24, 2.45) is 0 Å². The fraction of sp³-hybridized carbons (Fsp3) is 0.429. The average Bonchev–Trinajstić information content (AvgIpc) is 3.39. The second kappa shape index (κ2) is 10.6. The van der Waals surface area contributed by atoms with E-state index in [-0.39, 0.29) is 45.6 Å². The van der Waals surface area contributed by atoms with Gasteiger partial charge in [0.25, 0.3) is 5.91 Å². The van der Waals surface area contributed by atoms with Gasteiger partial charge in [-0.3, -0.25) is 9.59 Å². The van der Waals surface area contributed by atoms with Crippen LogP contribution in [0.4, 0.5) is 0 Å². The van der Waals surface area contributed by atoms with Gasteiger partial charge in [-0.15, -0.1) is 0 Å².